The summed E-state index contributed by atoms with van der Waals surface area (Å²) in [5.74, 6) is -0.541. The zero-order valence-electron chi connectivity index (χ0n) is 12.2. The summed E-state index contributed by atoms with van der Waals surface area (Å²) in [6, 6.07) is 6.79. The molecule has 5 nitrogen and oxygen atoms in total. The fourth-order valence-corrected chi connectivity index (χ4v) is 2.17. The number of para-hydroxylation sites is 1. The summed E-state index contributed by atoms with van der Waals surface area (Å²) in [7, 11) is 0. The van der Waals surface area contributed by atoms with E-state index in [1.54, 1.807) is 0 Å². The van der Waals surface area contributed by atoms with E-state index in [1.165, 1.54) is 6.20 Å². The van der Waals surface area contributed by atoms with Gasteiger partial charge in [-0.05, 0) is 24.0 Å². The number of aryl methyl sites for hydroxylation is 1. The highest BCUT2D eigenvalue weighted by molar-refractivity contribution is 6.06. The van der Waals surface area contributed by atoms with Crippen LogP contribution < -0.4 is 10.9 Å². The van der Waals surface area contributed by atoms with E-state index in [4.69, 9.17) is 0 Å². The average Bonchev–Trinajstić information content (AvgIpc) is 2.40. The van der Waals surface area contributed by atoms with E-state index in [9.17, 15) is 14.7 Å². The molecule has 1 aromatic carbocycles. The number of hydrogen-bond acceptors (Lipinski definition) is 3. The van der Waals surface area contributed by atoms with Crippen molar-refractivity contribution in [3.05, 3.63) is 57.5 Å². The summed E-state index contributed by atoms with van der Waals surface area (Å²) in [6.45, 7) is 6.00. The number of aromatic hydroxyl groups is 1. The zero-order chi connectivity index (χ0) is 15.6. The Morgan fingerprint density at radius 1 is 1.33 bits per heavy atom. The minimum absolute atomic E-state index is 0.0348. The van der Waals surface area contributed by atoms with Gasteiger partial charge >= 0.3 is 0 Å². The summed E-state index contributed by atoms with van der Waals surface area (Å²) < 4.78 is 0. The number of benzene rings is 1. The summed E-state index contributed by atoms with van der Waals surface area (Å²) in [5.41, 5.74) is 2.28. The number of pyridine rings is 1. The van der Waals surface area contributed by atoms with Gasteiger partial charge in [0.15, 0.2) is 0 Å². The van der Waals surface area contributed by atoms with E-state index in [0.717, 1.165) is 22.9 Å². The number of rotatable bonds is 3. The predicted octanol–water partition coefficient (Wildman–Crippen LogP) is 2.76. The molecule has 0 aliphatic carbocycles. The Labute approximate surface area is 122 Å². The quantitative estimate of drug-likeness (QED) is 0.811. The Morgan fingerprint density at radius 3 is 2.67 bits per heavy atom. The molecule has 0 fully saturated rings. The molecular formula is C16H18N2O3. The normalized spacial score (nSPS) is 10.7. The molecule has 21 heavy (non-hydrogen) atoms. The maximum Gasteiger partial charge on any atom is 0.260 e. The summed E-state index contributed by atoms with van der Waals surface area (Å²) in [5, 5.41) is 12.5. The molecule has 0 bridgehead atoms. The lowest BCUT2D eigenvalue weighted by Crippen LogP contribution is -2.17. The smallest absolute Gasteiger partial charge is 0.260 e. The molecule has 0 saturated carbocycles. The number of amides is 1. The molecule has 0 radical (unpaired) electrons. The first-order valence-corrected chi connectivity index (χ1v) is 6.72. The SMILES string of the molecule is Cc1cccc(C(C)C)c1NC(=O)c1c[nH]c(=O)cc1O. The van der Waals surface area contributed by atoms with Crippen molar-refractivity contribution in [2.24, 2.45) is 0 Å². The van der Waals surface area contributed by atoms with Crippen LogP contribution in [0.1, 0.15) is 41.3 Å². The maximum absolute atomic E-state index is 12.3. The molecule has 0 aliphatic rings. The molecule has 3 N–H and O–H groups in total. The molecule has 0 spiro atoms. The Hall–Kier alpha value is -2.56. The Kier molecular flexibility index (Phi) is 4.12. The van der Waals surface area contributed by atoms with Crippen LogP contribution in [-0.2, 0) is 0 Å². The van der Waals surface area contributed by atoms with Crippen molar-refractivity contribution in [2.75, 3.05) is 5.32 Å². The van der Waals surface area contributed by atoms with E-state index in [2.05, 4.69) is 10.3 Å². The van der Waals surface area contributed by atoms with E-state index < -0.39 is 11.5 Å². The summed E-state index contributed by atoms with van der Waals surface area (Å²) in [6.07, 6.45) is 1.21. The van der Waals surface area contributed by atoms with Crippen molar-refractivity contribution in [1.82, 2.24) is 4.98 Å². The number of nitrogens with one attached hydrogen (secondary N) is 2. The van der Waals surface area contributed by atoms with Gasteiger partial charge in [0.2, 0.25) is 0 Å². The van der Waals surface area contributed by atoms with Gasteiger partial charge in [0, 0.05) is 18.0 Å². The van der Waals surface area contributed by atoms with Crippen LogP contribution in [0.5, 0.6) is 5.75 Å². The first-order valence-electron chi connectivity index (χ1n) is 6.72. The molecule has 0 atom stereocenters. The van der Waals surface area contributed by atoms with Crippen molar-refractivity contribution < 1.29 is 9.90 Å². The topological polar surface area (TPSA) is 82.2 Å². The zero-order valence-corrected chi connectivity index (χ0v) is 12.2. The van der Waals surface area contributed by atoms with Crippen molar-refractivity contribution in [2.45, 2.75) is 26.7 Å². The number of carbonyl (C=O) groups is 1. The molecule has 1 amide bonds. The highest BCUT2D eigenvalue weighted by atomic mass is 16.3. The molecule has 110 valence electrons. The van der Waals surface area contributed by atoms with Crippen molar-refractivity contribution in [1.29, 1.82) is 0 Å². The van der Waals surface area contributed by atoms with Gasteiger partial charge in [-0.25, -0.2) is 0 Å². The van der Waals surface area contributed by atoms with Crippen LogP contribution in [0.4, 0.5) is 5.69 Å². The predicted molar refractivity (Wildman–Crippen MR) is 81.9 cm³/mol. The van der Waals surface area contributed by atoms with Crippen molar-refractivity contribution in [3.63, 3.8) is 0 Å². The van der Waals surface area contributed by atoms with Gasteiger partial charge in [0.25, 0.3) is 11.5 Å². The monoisotopic (exact) mass is 286 g/mol. The van der Waals surface area contributed by atoms with E-state index in [-0.39, 0.29) is 17.2 Å². The lowest BCUT2D eigenvalue weighted by molar-refractivity contribution is 0.102. The fourth-order valence-electron chi connectivity index (χ4n) is 2.17. The van der Waals surface area contributed by atoms with E-state index >= 15 is 0 Å². The Morgan fingerprint density at radius 2 is 2.05 bits per heavy atom. The van der Waals surface area contributed by atoms with Crippen LogP contribution in [0.15, 0.2) is 35.3 Å². The number of aromatic nitrogens is 1. The molecule has 1 heterocycles. The van der Waals surface area contributed by atoms with Crippen LogP contribution in [0.25, 0.3) is 0 Å². The molecule has 1 aromatic heterocycles. The number of aromatic amines is 1. The maximum atomic E-state index is 12.3. The summed E-state index contributed by atoms with van der Waals surface area (Å²) in [4.78, 5) is 25.7. The third-order valence-corrected chi connectivity index (χ3v) is 3.31. The lowest BCUT2D eigenvalue weighted by Gasteiger charge is -2.16. The van der Waals surface area contributed by atoms with Crippen LogP contribution in [-0.4, -0.2) is 16.0 Å². The molecule has 5 heteroatoms. The van der Waals surface area contributed by atoms with Crippen molar-refractivity contribution >= 4 is 11.6 Å². The van der Waals surface area contributed by atoms with Crippen molar-refractivity contribution in [3.8, 4) is 5.75 Å². The minimum Gasteiger partial charge on any atom is -0.507 e. The first-order chi connectivity index (χ1) is 9.90. The molecular weight excluding hydrogens is 268 g/mol. The molecule has 2 aromatic rings. The second kappa shape index (κ2) is 5.83. The average molecular weight is 286 g/mol. The number of hydrogen-bond donors (Lipinski definition) is 3. The number of anilines is 1. The lowest BCUT2D eigenvalue weighted by atomic mass is 9.98. The third-order valence-electron chi connectivity index (χ3n) is 3.31. The van der Waals surface area contributed by atoms with Gasteiger partial charge in [-0.15, -0.1) is 0 Å². The van der Waals surface area contributed by atoms with Crippen LogP contribution in [0.3, 0.4) is 0 Å². The van der Waals surface area contributed by atoms with Gasteiger partial charge in [0.1, 0.15) is 5.75 Å². The van der Waals surface area contributed by atoms with Gasteiger partial charge in [-0.3, -0.25) is 9.59 Å². The van der Waals surface area contributed by atoms with Gasteiger partial charge in [-0.1, -0.05) is 32.0 Å². The highest BCUT2D eigenvalue weighted by Gasteiger charge is 2.16. The van der Waals surface area contributed by atoms with Gasteiger partial charge in [0.05, 0.1) is 5.56 Å². The van der Waals surface area contributed by atoms with Gasteiger partial charge in [-0.2, -0.15) is 0 Å². The fraction of sp³-hybridized carbons (Fsp3) is 0.250. The highest BCUT2D eigenvalue weighted by Crippen LogP contribution is 2.28. The minimum atomic E-state index is -0.458. The summed E-state index contributed by atoms with van der Waals surface area (Å²) >= 11 is 0. The Bertz CT molecular complexity index is 733. The largest absolute Gasteiger partial charge is 0.507 e. The molecule has 0 unspecified atom stereocenters. The second-order valence-corrected chi connectivity index (χ2v) is 5.24. The van der Waals surface area contributed by atoms with Crippen LogP contribution in [0.2, 0.25) is 0 Å². The standard InChI is InChI=1S/C16H18N2O3/c1-9(2)11-6-4-5-10(3)15(11)18-16(21)12-8-17-14(20)7-13(12)19/h4-9H,1-3H3,(H,18,21)(H2,17,19,20). The second-order valence-electron chi connectivity index (χ2n) is 5.24. The Balaban J connectivity index is 2.38. The molecule has 2 rings (SSSR count). The third kappa shape index (κ3) is 3.13. The molecule has 0 aliphatic heterocycles. The van der Waals surface area contributed by atoms with Gasteiger partial charge < -0.3 is 15.4 Å². The van der Waals surface area contributed by atoms with Crippen LogP contribution >= 0.6 is 0 Å². The first kappa shape index (κ1) is 14.8. The number of carbonyl (C=O) groups excluding carboxylic acids is 1. The molecule has 0 saturated heterocycles. The number of H-pyrrole nitrogens is 1. The van der Waals surface area contributed by atoms with Crippen LogP contribution in [0, 0.1) is 6.92 Å². The van der Waals surface area contributed by atoms with E-state index in [0.29, 0.717) is 0 Å². The van der Waals surface area contributed by atoms with E-state index in [1.807, 2.05) is 39.0 Å².